The van der Waals surface area contributed by atoms with Crippen molar-refractivity contribution < 1.29 is 35.6 Å². The van der Waals surface area contributed by atoms with Gasteiger partial charge in [0.1, 0.15) is 5.76 Å². The highest BCUT2D eigenvalue weighted by Crippen LogP contribution is 2.31. The lowest BCUT2D eigenvalue weighted by molar-refractivity contribution is -0.138. The minimum Gasteiger partial charge on any atom is -0.451 e. The Kier molecular flexibility index (Phi) is 6.69. The van der Waals surface area contributed by atoms with Crippen molar-refractivity contribution in [2.45, 2.75) is 12.4 Å². The standard InChI is InChI=1S/C26H16F6N2O2/c27-25(28,29)19-11-9-17(10-12-19)23(18-7-4-8-20(15-18)26(30,31)32)33-34-24(35)22-14-13-21(36-22)16-5-2-1-3-6-16/h1-15H,(H,34,35). The van der Waals surface area contributed by atoms with Crippen molar-refractivity contribution in [2.75, 3.05) is 0 Å². The monoisotopic (exact) mass is 502 g/mol. The van der Waals surface area contributed by atoms with Crippen molar-refractivity contribution >= 4 is 11.6 Å². The van der Waals surface area contributed by atoms with Gasteiger partial charge in [-0.1, -0.05) is 54.6 Å². The molecule has 0 saturated heterocycles. The molecule has 0 saturated carbocycles. The number of benzene rings is 3. The van der Waals surface area contributed by atoms with Crippen LogP contribution in [0.15, 0.2) is 101 Å². The van der Waals surface area contributed by atoms with Gasteiger partial charge in [-0.05, 0) is 36.4 Å². The molecule has 1 N–H and O–H groups in total. The Balaban J connectivity index is 1.68. The Morgan fingerprint density at radius 1 is 0.694 bits per heavy atom. The van der Waals surface area contributed by atoms with Gasteiger partial charge in [0, 0.05) is 16.7 Å². The van der Waals surface area contributed by atoms with Crippen molar-refractivity contribution in [2.24, 2.45) is 5.10 Å². The van der Waals surface area contributed by atoms with Crippen LogP contribution in [-0.2, 0) is 12.4 Å². The maximum Gasteiger partial charge on any atom is 0.416 e. The SMILES string of the molecule is O=C(NN=C(c1ccc(C(F)(F)F)cc1)c1cccc(C(F)(F)F)c1)c1ccc(-c2ccccc2)o1. The van der Waals surface area contributed by atoms with Gasteiger partial charge in [-0.15, -0.1) is 0 Å². The van der Waals surface area contributed by atoms with Crippen LogP contribution in [0, 0.1) is 0 Å². The first-order chi connectivity index (χ1) is 17.0. The maximum absolute atomic E-state index is 13.2. The van der Waals surface area contributed by atoms with Crippen molar-refractivity contribution in [3.05, 3.63) is 119 Å². The number of hydrazone groups is 1. The van der Waals surface area contributed by atoms with Crippen LogP contribution in [-0.4, -0.2) is 11.6 Å². The molecule has 4 rings (SSSR count). The lowest BCUT2D eigenvalue weighted by atomic mass is 9.99. The Labute approximate surface area is 200 Å². The Bertz CT molecular complexity index is 1390. The molecule has 1 aromatic heterocycles. The first-order valence-electron chi connectivity index (χ1n) is 10.4. The topological polar surface area (TPSA) is 54.6 Å². The minimum absolute atomic E-state index is 0.0608. The number of nitrogens with one attached hydrogen (secondary N) is 1. The molecule has 0 bridgehead atoms. The number of carbonyl (C=O) groups excluding carboxylic acids is 1. The highest BCUT2D eigenvalue weighted by atomic mass is 19.4. The number of furan rings is 1. The second-order valence-electron chi connectivity index (χ2n) is 7.58. The Hall–Kier alpha value is -4.34. The highest BCUT2D eigenvalue weighted by Gasteiger charge is 2.32. The number of halogens is 6. The quantitative estimate of drug-likeness (QED) is 0.179. The molecule has 3 aromatic carbocycles. The van der Waals surface area contributed by atoms with Crippen molar-refractivity contribution in [1.82, 2.24) is 5.43 Å². The molecule has 1 heterocycles. The van der Waals surface area contributed by atoms with Crippen LogP contribution in [0.25, 0.3) is 11.3 Å². The Morgan fingerprint density at radius 3 is 2.00 bits per heavy atom. The van der Waals surface area contributed by atoms with Gasteiger partial charge in [0.25, 0.3) is 0 Å². The number of carbonyl (C=O) groups is 1. The number of alkyl halides is 6. The van der Waals surface area contributed by atoms with Crippen molar-refractivity contribution in [3.63, 3.8) is 0 Å². The predicted molar refractivity (Wildman–Crippen MR) is 120 cm³/mol. The summed E-state index contributed by atoms with van der Waals surface area (Å²) in [5, 5.41) is 3.95. The van der Waals surface area contributed by atoms with E-state index < -0.39 is 29.4 Å². The molecule has 4 nitrogen and oxygen atoms in total. The summed E-state index contributed by atoms with van der Waals surface area (Å²) in [7, 11) is 0. The third kappa shape index (κ3) is 5.65. The van der Waals surface area contributed by atoms with Crippen LogP contribution in [0.3, 0.4) is 0 Å². The molecule has 0 aliphatic carbocycles. The third-order valence-electron chi connectivity index (χ3n) is 5.11. The normalized spacial score (nSPS) is 12.4. The zero-order chi connectivity index (χ0) is 25.9. The largest absolute Gasteiger partial charge is 0.451 e. The van der Waals surface area contributed by atoms with Gasteiger partial charge in [-0.3, -0.25) is 4.79 Å². The van der Waals surface area contributed by atoms with Crippen LogP contribution in [0.2, 0.25) is 0 Å². The van der Waals surface area contributed by atoms with Crippen LogP contribution in [0.4, 0.5) is 26.3 Å². The van der Waals surface area contributed by atoms with E-state index in [1.807, 2.05) is 6.07 Å². The van der Waals surface area contributed by atoms with Gasteiger partial charge >= 0.3 is 18.3 Å². The summed E-state index contributed by atoms with van der Waals surface area (Å²) in [6, 6.07) is 19.7. The fourth-order valence-corrected chi connectivity index (χ4v) is 3.33. The second-order valence-corrected chi connectivity index (χ2v) is 7.58. The molecule has 0 atom stereocenters. The van der Waals surface area contributed by atoms with Crippen LogP contribution >= 0.6 is 0 Å². The van der Waals surface area contributed by atoms with Gasteiger partial charge in [-0.2, -0.15) is 31.4 Å². The average Bonchev–Trinajstić information content (AvgIpc) is 3.35. The highest BCUT2D eigenvalue weighted by molar-refractivity contribution is 6.13. The number of hydrogen-bond donors (Lipinski definition) is 1. The van der Waals surface area contributed by atoms with Gasteiger partial charge in [-0.25, -0.2) is 5.43 Å². The Morgan fingerprint density at radius 2 is 1.36 bits per heavy atom. The summed E-state index contributed by atoms with van der Waals surface area (Å²) in [6.07, 6.45) is -9.26. The van der Waals surface area contributed by atoms with Gasteiger partial charge in [0.2, 0.25) is 0 Å². The number of rotatable bonds is 5. The van der Waals surface area contributed by atoms with E-state index in [0.29, 0.717) is 5.76 Å². The molecule has 0 spiro atoms. The molecule has 0 aliphatic rings. The first-order valence-corrected chi connectivity index (χ1v) is 10.4. The van der Waals surface area contributed by atoms with E-state index in [1.165, 1.54) is 12.1 Å². The van der Waals surface area contributed by atoms with E-state index in [-0.39, 0.29) is 22.6 Å². The van der Waals surface area contributed by atoms with Crippen molar-refractivity contribution in [1.29, 1.82) is 0 Å². The molecule has 36 heavy (non-hydrogen) atoms. The lowest BCUT2D eigenvalue weighted by Gasteiger charge is -2.12. The van der Waals surface area contributed by atoms with Crippen LogP contribution < -0.4 is 5.43 Å². The van der Waals surface area contributed by atoms with E-state index in [0.717, 1.165) is 48.0 Å². The maximum atomic E-state index is 13.2. The number of nitrogens with zero attached hydrogens (tertiary/aromatic N) is 1. The van der Waals surface area contributed by atoms with Crippen LogP contribution in [0.1, 0.15) is 32.8 Å². The molecular weight excluding hydrogens is 486 g/mol. The van der Waals surface area contributed by atoms with Gasteiger partial charge < -0.3 is 4.42 Å². The molecule has 0 radical (unpaired) electrons. The second kappa shape index (κ2) is 9.73. The molecule has 0 unspecified atom stereocenters. The molecule has 184 valence electrons. The van der Waals surface area contributed by atoms with E-state index in [2.05, 4.69) is 10.5 Å². The van der Waals surface area contributed by atoms with E-state index in [1.54, 1.807) is 30.3 Å². The third-order valence-corrected chi connectivity index (χ3v) is 5.11. The fraction of sp³-hybridized carbons (Fsp3) is 0.0769. The smallest absolute Gasteiger partial charge is 0.416 e. The average molecular weight is 502 g/mol. The zero-order valence-electron chi connectivity index (χ0n) is 18.2. The summed E-state index contributed by atoms with van der Waals surface area (Å²) >= 11 is 0. The lowest BCUT2D eigenvalue weighted by Crippen LogP contribution is -2.20. The number of hydrogen-bond acceptors (Lipinski definition) is 3. The summed E-state index contributed by atoms with van der Waals surface area (Å²) in [6.45, 7) is 0. The summed E-state index contributed by atoms with van der Waals surface area (Å²) in [5.41, 5.74) is 0.842. The fourth-order valence-electron chi connectivity index (χ4n) is 3.33. The van der Waals surface area contributed by atoms with Crippen molar-refractivity contribution in [3.8, 4) is 11.3 Å². The molecule has 10 heteroatoms. The molecule has 0 aliphatic heterocycles. The van der Waals surface area contributed by atoms with E-state index >= 15 is 0 Å². The molecule has 1 amide bonds. The molecular formula is C26H16F6N2O2. The van der Waals surface area contributed by atoms with Gasteiger partial charge in [0.05, 0.1) is 16.8 Å². The van der Waals surface area contributed by atoms with E-state index in [4.69, 9.17) is 4.42 Å². The molecule has 0 fully saturated rings. The zero-order valence-corrected chi connectivity index (χ0v) is 18.2. The van der Waals surface area contributed by atoms with Gasteiger partial charge in [0.15, 0.2) is 5.76 Å². The van der Waals surface area contributed by atoms with E-state index in [9.17, 15) is 31.1 Å². The minimum atomic E-state index is -4.66. The predicted octanol–water partition coefficient (Wildman–Crippen LogP) is 7.17. The summed E-state index contributed by atoms with van der Waals surface area (Å²) in [4.78, 5) is 12.6. The summed E-state index contributed by atoms with van der Waals surface area (Å²) in [5.74, 6) is -0.507. The van der Waals surface area contributed by atoms with Crippen LogP contribution in [0.5, 0.6) is 0 Å². The number of amides is 1. The molecule has 4 aromatic rings. The first kappa shape index (κ1) is 24.8. The summed E-state index contributed by atoms with van der Waals surface area (Å²) < 4.78 is 84.2.